The van der Waals surface area contributed by atoms with E-state index in [1.807, 2.05) is 42.6 Å². The number of aryl methyl sites for hydroxylation is 1. The number of nitrogens with two attached hydrogens (primary N) is 1. The second kappa shape index (κ2) is 9.12. The van der Waals surface area contributed by atoms with Crippen LogP contribution in [0.15, 0.2) is 64.4 Å². The van der Waals surface area contributed by atoms with Crippen molar-refractivity contribution in [1.29, 1.82) is 0 Å². The molecule has 8 heteroatoms. The Bertz CT molecular complexity index is 1300. The maximum Gasteiger partial charge on any atom is 0.253 e. The summed E-state index contributed by atoms with van der Waals surface area (Å²) in [6, 6.07) is 17.5. The molecule has 1 fully saturated rings. The number of benzene rings is 2. The minimum absolute atomic E-state index is 0.0929. The molecule has 0 saturated heterocycles. The van der Waals surface area contributed by atoms with E-state index in [2.05, 4.69) is 27.3 Å². The molecule has 5 rings (SSSR count). The van der Waals surface area contributed by atoms with Gasteiger partial charge in [-0.25, -0.2) is 4.98 Å². The van der Waals surface area contributed by atoms with E-state index in [0.717, 1.165) is 30.0 Å². The van der Waals surface area contributed by atoms with Gasteiger partial charge < -0.3 is 15.1 Å². The minimum atomic E-state index is -0.702. The van der Waals surface area contributed by atoms with E-state index in [9.17, 15) is 4.79 Å². The molecule has 1 amide bonds. The molecule has 2 heterocycles. The lowest BCUT2D eigenvalue weighted by Crippen LogP contribution is -2.39. The number of aromatic nitrogens is 3. The number of carbonyl (C=O) groups is 1. The molecular weight excluding hydrogens is 446 g/mol. The van der Waals surface area contributed by atoms with Gasteiger partial charge in [0.2, 0.25) is 11.8 Å². The molecule has 34 heavy (non-hydrogen) atoms. The molecule has 0 spiro atoms. The van der Waals surface area contributed by atoms with Crippen LogP contribution < -0.4 is 5.73 Å². The van der Waals surface area contributed by atoms with Crippen LogP contribution in [0.5, 0.6) is 0 Å². The summed E-state index contributed by atoms with van der Waals surface area (Å²) in [7, 11) is 1.78. The second-order valence-electron chi connectivity index (χ2n) is 8.93. The van der Waals surface area contributed by atoms with Gasteiger partial charge in [-0.15, -0.1) is 21.5 Å². The highest BCUT2D eigenvalue weighted by atomic mass is 32.1. The first-order valence-corrected chi connectivity index (χ1v) is 12.3. The Labute approximate surface area is 202 Å². The standard InChI is InChI=1S/C26H27N5O2S/c1-17-16-34-22(28-17)15-31(2)24(32)20-11-6-10-19(14-20)23-29-30-25(33-23)26(27)13-7-12-21(26)18-8-4-3-5-9-18/h3-6,8-11,14,16,21H,7,12-13,15,27H2,1-2H3. The van der Waals surface area contributed by atoms with Gasteiger partial charge >= 0.3 is 0 Å². The van der Waals surface area contributed by atoms with Crippen molar-refractivity contribution in [2.45, 2.75) is 44.2 Å². The molecule has 2 unspecified atom stereocenters. The number of nitrogens with zero attached hydrogens (tertiary/aromatic N) is 4. The highest BCUT2D eigenvalue weighted by Crippen LogP contribution is 2.47. The first-order valence-electron chi connectivity index (χ1n) is 11.4. The van der Waals surface area contributed by atoms with Crippen LogP contribution in [0.4, 0.5) is 0 Å². The third-order valence-electron chi connectivity index (χ3n) is 6.47. The molecule has 0 aliphatic heterocycles. The Kier molecular flexibility index (Phi) is 6.02. The fourth-order valence-corrected chi connectivity index (χ4v) is 5.54. The lowest BCUT2D eigenvalue weighted by Gasteiger charge is -2.28. The largest absolute Gasteiger partial charge is 0.419 e. The smallest absolute Gasteiger partial charge is 0.253 e. The summed E-state index contributed by atoms with van der Waals surface area (Å²) in [4.78, 5) is 19.1. The summed E-state index contributed by atoms with van der Waals surface area (Å²) in [6.45, 7) is 2.41. The molecule has 4 aromatic rings. The van der Waals surface area contributed by atoms with E-state index in [1.54, 1.807) is 35.4 Å². The number of carbonyl (C=O) groups excluding carboxylic acids is 1. The van der Waals surface area contributed by atoms with Crippen LogP contribution >= 0.6 is 11.3 Å². The Morgan fingerprint density at radius 2 is 2.03 bits per heavy atom. The van der Waals surface area contributed by atoms with Gasteiger partial charge in [-0.3, -0.25) is 4.79 Å². The predicted octanol–water partition coefficient (Wildman–Crippen LogP) is 4.90. The first kappa shape index (κ1) is 22.4. The lowest BCUT2D eigenvalue weighted by atomic mass is 9.82. The Hall–Kier alpha value is -3.36. The molecule has 0 bridgehead atoms. The van der Waals surface area contributed by atoms with Gasteiger partial charge in [0, 0.05) is 35.2 Å². The average Bonchev–Trinajstić information content (AvgIpc) is 3.60. The van der Waals surface area contributed by atoms with Gasteiger partial charge in [0.1, 0.15) is 10.5 Å². The van der Waals surface area contributed by atoms with E-state index in [-0.39, 0.29) is 11.8 Å². The molecule has 2 N–H and O–H groups in total. The summed E-state index contributed by atoms with van der Waals surface area (Å²) < 4.78 is 6.12. The van der Waals surface area contributed by atoms with Crippen molar-refractivity contribution >= 4 is 17.2 Å². The normalized spacial score (nSPS) is 19.9. The number of hydrogen-bond acceptors (Lipinski definition) is 7. The summed E-state index contributed by atoms with van der Waals surface area (Å²) in [6.07, 6.45) is 2.77. The van der Waals surface area contributed by atoms with Crippen molar-refractivity contribution in [2.24, 2.45) is 5.73 Å². The Morgan fingerprint density at radius 1 is 1.21 bits per heavy atom. The van der Waals surface area contributed by atoms with Gasteiger partial charge in [-0.05, 0) is 43.5 Å². The van der Waals surface area contributed by atoms with Crippen LogP contribution in [0.1, 0.15) is 57.7 Å². The summed E-state index contributed by atoms with van der Waals surface area (Å²) in [5.74, 6) is 0.843. The quantitative estimate of drug-likeness (QED) is 0.428. The third kappa shape index (κ3) is 4.26. The van der Waals surface area contributed by atoms with E-state index < -0.39 is 5.54 Å². The molecule has 2 aromatic carbocycles. The van der Waals surface area contributed by atoms with E-state index in [1.165, 1.54) is 5.56 Å². The van der Waals surface area contributed by atoms with Gasteiger partial charge in [0.15, 0.2) is 0 Å². The van der Waals surface area contributed by atoms with Gasteiger partial charge in [-0.1, -0.05) is 42.8 Å². The Morgan fingerprint density at radius 3 is 2.79 bits per heavy atom. The molecule has 1 aliphatic carbocycles. The number of hydrogen-bond donors (Lipinski definition) is 1. The van der Waals surface area contributed by atoms with Gasteiger partial charge in [-0.2, -0.15) is 0 Å². The molecule has 2 aromatic heterocycles. The summed E-state index contributed by atoms with van der Waals surface area (Å²) >= 11 is 1.55. The van der Waals surface area contributed by atoms with Crippen LogP contribution in [0, 0.1) is 6.92 Å². The predicted molar refractivity (Wildman–Crippen MR) is 131 cm³/mol. The van der Waals surface area contributed by atoms with Crippen molar-refractivity contribution in [3.63, 3.8) is 0 Å². The fourth-order valence-electron chi connectivity index (χ4n) is 4.72. The molecule has 7 nitrogen and oxygen atoms in total. The van der Waals surface area contributed by atoms with E-state index in [4.69, 9.17) is 10.2 Å². The van der Waals surface area contributed by atoms with Gasteiger partial charge in [0.25, 0.3) is 5.91 Å². The number of rotatable bonds is 6. The zero-order chi connectivity index (χ0) is 23.7. The maximum atomic E-state index is 13.0. The molecule has 0 radical (unpaired) electrons. The highest BCUT2D eigenvalue weighted by Gasteiger charge is 2.46. The highest BCUT2D eigenvalue weighted by molar-refractivity contribution is 7.09. The monoisotopic (exact) mass is 473 g/mol. The van der Waals surface area contributed by atoms with Gasteiger partial charge in [0.05, 0.1) is 6.54 Å². The second-order valence-corrected chi connectivity index (χ2v) is 9.88. The first-order chi connectivity index (χ1) is 16.4. The number of thiazole rings is 1. The summed E-state index contributed by atoms with van der Waals surface area (Å²) in [5.41, 5.74) is 9.58. The van der Waals surface area contributed by atoms with Crippen molar-refractivity contribution in [3.05, 3.63) is 87.7 Å². The average molecular weight is 474 g/mol. The molecule has 174 valence electrons. The minimum Gasteiger partial charge on any atom is -0.419 e. The van der Waals surface area contributed by atoms with Crippen LogP contribution in [-0.4, -0.2) is 33.0 Å². The summed E-state index contributed by atoms with van der Waals surface area (Å²) in [5, 5.41) is 11.5. The maximum absolute atomic E-state index is 13.0. The number of amides is 1. The van der Waals surface area contributed by atoms with E-state index >= 15 is 0 Å². The Balaban J connectivity index is 1.37. The van der Waals surface area contributed by atoms with Crippen LogP contribution in [0.2, 0.25) is 0 Å². The van der Waals surface area contributed by atoms with Crippen molar-refractivity contribution < 1.29 is 9.21 Å². The van der Waals surface area contributed by atoms with Crippen molar-refractivity contribution in [1.82, 2.24) is 20.1 Å². The molecule has 2 atom stereocenters. The zero-order valence-electron chi connectivity index (χ0n) is 19.3. The van der Waals surface area contributed by atoms with Crippen LogP contribution in [0.25, 0.3) is 11.5 Å². The molecule has 1 saturated carbocycles. The SMILES string of the molecule is Cc1csc(CN(C)C(=O)c2cccc(-c3nnc(C4(N)CCCC4c4ccccc4)o3)c2)n1. The van der Waals surface area contributed by atoms with Crippen LogP contribution in [0.3, 0.4) is 0 Å². The van der Waals surface area contributed by atoms with Crippen LogP contribution in [-0.2, 0) is 12.1 Å². The zero-order valence-corrected chi connectivity index (χ0v) is 20.1. The van der Waals surface area contributed by atoms with Crippen molar-refractivity contribution in [3.8, 4) is 11.5 Å². The topological polar surface area (TPSA) is 98.1 Å². The molecule has 1 aliphatic rings. The fraction of sp³-hybridized carbons (Fsp3) is 0.308. The van der Waals surface area contributed by atoms with Crippen molar-refractivity contribution in [2.75, 3.05) is 7.05 Å². The molecular formula is C26H27N5O2S. The third-order valence-corrected chi connectivity index (χ3v) is 7.42. The lowest BCUT2D eigenvalue weighted by molar-refractivity contribution is 0.0785. The van der Waals surface area contributed by atoms with E-state index in [0.29, 0.717) is 29.5 Å².